The summed E-state index contributed by atoms with van der Waals surface area (Å²) in [6.45, 7) is 3.76. The molecule has 0 spiro atoms. The number of nitrogens with zero attached hydrogens (tertiary/aromatic N) is 3. The minimum absolute atomic E-state index is 0.805. The molecule has 0 atom stereocenters. The molecule has 0 radical (unpaired) electrons. The number of rotatable bonds is 1. The maximum Gasteiger partial charge on any atom is 0.142 e. The Hall–Kier alpha value is -0.260. The Balaban J connectivity index is 3.06. The van der Waals surface area contributed by atoms with Crippen molar-refractivity contribution in [1.82, 2.24) is 15.0 Å². The van der Waals surface area contributed by atoms with Crippen LogP contribution in [-0.4, -0.2) is 15.0 Å². The largest absolute Gasteiger partial charge is 0.219 e. The van der Waals surface area contributed by atoms with E-state index < -0.39 is 0 Å². The molecule has 3 nitrogen and oxygen atoms in total. The van der Waals surface area contributed by atoms with Gasteiger partial charge in [0, 0.05) is 0 Å². The van der Waals surface area contributed by atoms with Crippen LogP contribution in [0.2, 0.25) is 0 Å². The highest BCUT2D eigenvalue weighted by Gasteiger charge is 1.96. The summed E-state index contributed by atoms with van der Waals surface area (Å²) in [6, 6.07) is 0. The van der Waals surface area contributed by atoms with E-state index in [-0.39, 0.29) is 0 Å². The Morgan fingerprint density at radius 1 is 1.10 bits per heavy atom. The zero-order chi connectivity index (χ0) is 7.56. The summed E-state index contributed by atoms with van der Waals surface area (Å²) in [6.07, 6.45) is 0. The van der Waals surface area contributed by atoms with Crippen LogP contribution < -0.4 is 0 Å². The van der Waals surface area contributed by atoms with Crippen molar-refractivity contribution in [2.24, 2.45) is 0 Å². The second-order valence-electron chi connectivity index (χ2n) is 1.98. The number of hydrogen-bond donors (Lipinski definition) is 0. The van der Waals surface area contributed by atoms with Crippen molar-refractivity contribution in [3.05, 3.63) is 17.5 Å². The maximum atomic E-state index is 4.12. The molecule has 10 heavy (non-hydrogen) atoms. The minimum atomic E-state index is 0.805. The first-order chi connectivity index (χ1) is 4.72. The summed E-state index contributed by atoms with van der Waals surface area (Å²) in [5.74, 6) is 2.48. The molecule has 0 aromatic carbocycles. The van der Waals surface area contributed by atoms with Gasteiger partial charge in [-0.1, -0.05) is 22.6 Å². The highest BCUT2D eigenvalue weighted by molar-refractivity contribution is 14.1. The van der Waals surface area contributed by atoms with Gasteiger partial charge < -0.3 is 0 Å². The number of aryl methyl sites for hydroxylation is 2. The molecule has 0 bridgehead atoms. The van der Waals surface area contributed by atoms with Crippen LogP contribution in [0, 0.1) is 13.8 Å². The Kier molecular flexibility index (Phi) is 2.53. The highest BCUT2D eigenvalue weighted by atomic mass is 127. The lowest BCUT2D eigenvalue weighted by Crippen LogP contribution is -1.99. The summed E-state index contributed by atoms with van der Waals surface area (Å²) in [5, 5.41) is 0. The quantitative estimate of drug-likeness (QED) is 0.558. The minimum Gasteiger partial charge on any atom is -0.219 e. The van der Waals surface area contributed by atoms with Crippen LogP contribution >= 0.6 is 22.6 Å². The van der Waals surface area contributed by atoms with Crippen LogP contribution in [0.25, 0.3) is 0 Å². The average Bonchev–Trinajstić information content (AvgIpc) is 1.85. The van der Waals surface area contributed by atoms with Crippen LogP contribution in [0.15, 0.2) is 0 Å². The summed E-state index contributed by atoms with van der Waals surface area (Å²) in [4.78, 5) is 12.3. The van der Waals surface area contributed by atoms with Crippen molar-refractivity contribution in [1.29, 1.82) is 0 Å². The van der Waals surface area contributed by atoms with Gasteiger partial charge in [-0.2, -0.15) is 0 Å². The summed E-state index contributed by atoms with van der Waals surface area (Å²) >= 11 is 2.23. The van der Waals surface area contributed by atoms with Gasteiger partial charge in [-0.25, -0.2) is 15.0 Å². The average molecular weight is 249 g/mol. The molecule has 0 aliphatic rings. The molecule has 0 aliphatic heterocycles. The Morgan fingerprint density at radius 3 is 2.00 bits per heavy atom. The van der Waals surface area contributed by atoms with Crippen molar-refractivity contribution in [3.63, 3.8) is 0 Å². The second kappa shape index (κ2) is 3.23. The predicted octanol–water partition coefficient (Wildman–Crippen LogP) is 1.42. The lowest BCUT2D eigenvalue weighted by Gasteiger charge is -1.96. The fourth-order valence-electron chi connectivity index (χ4n) is 0.742. The van der Waals surface area contributed by atoms with E-state index in [1.807, 2.05) is 13.8 Å². The summed E-state index contributed by atoms with van der Waals surface area (Å²) < 4.78 is 0.849. The molecule has 54 valence electrons. The molecule has 0 amide bonds. The SMILES string of the molecule is Cc1nc(C)nc(CI)n1. The summed E-state index contributed by atoms with van der Waals surface area (Å²) in [7, 11) is 0. The topological polar surface area (TPSA) is 38.7 Å². The molecular weight excluding hydrogens is 241 g/mol. The molecular formula is C6H8IN3. The van der Waals surface area contributed by atoms with Gasteiger partial charge in [-0.05, 0) is 13.8 Å². The maximum absolute atomic E-state index is 4.12. The normalized spacial score (nSPS) is 9.90. The van der Waals surface area contributed by atoms with Crippen molar-refractivity contribution < 1.29 is 0 Å². The van der Waals surface area contributed by atoms with E-state index in [0.717, 1.165) is 21.9 Å². The lowest BCUT2D eigenvalue weighted by atomic mass is 10.6. The lowest BCUT2D eigenvalue weighted by molar-refractivity contribution is 0.873. The van der Waals surface area contributed by atoms with E-state index in [0.29, 0.717) is 0 Å². The first kappa shape index (κ1) is 7.84. The smallest absolute Gasteiger partial charge is 0.142 e. The van der Waals surface area contributed by atoms with Gasteiger partial charge in [-0.15, -0.1) is 0 Å². The molecule has 1 heterocycles. The first-order valence-electron chi connectivity index (χ1n) is 2.96. The van der Waals surface area contributed by atoms with Gasteiger partial charge in [0.15, 0.2) is 0 Å². The Labute approximate surface area is 73.4 Å². The molecule has 1 rings (SSSR count). The third kappa shape index (κ3) is 1.86. The molecule has 0 saturated heterocycles. The van der Waals surface area contributed by atoms with Gasteiger partial charge in [0.25, 0.3) is 0 Å². The van der Waals surface area contributed by atoms with Gasteiger partial charge in [0.1, 0.15) is 17.5 Å². The van der Waals surface area contributed by atoms with Crippen molar-refractivity contribution in [2.45, 2.75) is 18.3 Å². The number of aromatic nitrogens is 3. The van der Waals surface area contributed by atoms with E-state index in [4.69, 9.17) is 0 Å². The predicted molar refractivity (Wildman–Crippen MR) is 47.0 cm³/mol. The third-order valence-electron chi connectivity index (χ3n) is 1.02. The summed E-state index contributed by atoms with van der Waals surface area (Å²) in [5.41, 5.74) is 0. The van der Waals surface area contributed by atoms with Crippen LogP contribution in [-0.2, 0) is 4.43 Å². The zero-order valence-electron chi connectivity index (χ0n) is 5.93. The highest BCUT2D eigenvalue weighted by Crippen LogP contribution is 1.99. The van der Waals surface area contributed by atoms with E-state index in [1.54, 1.807) is 0 Å². The Morgan fingerprint density at radius 2 is 1.60 bits per heavy atom. The van der Waals surface area contributed by atoms with Crippen LogP contribution in [0.3, 0.4) is 0 Å². The molecule has 1 aromatic heterocycles. The van der Waals surface area contributed by atoms with Gasteiger partial charge in [-0.3, -0.25) is 0 Å². The van der Waals surface area contributed by atoms with E-state index in [9.17, 15) is 0 Å². The van der Waals surface area contributed by atoms with Crippen molar-refractivity contribution in [2.75, 3.05) is 0 Å². The van der Waals surface area contributed by atoms with E-state index in [2.05, 4.69) is 37.5 Å². The molecule has 4 heteroatoms. The van der Waals surface area contributed by atoms with Gasteiger partial charge in [0.05, 0.1) is 4.43 Å². The molecule has 0 fully saturated rings. The third-order valence-corrected chi connectivity index (χ3v) is 1.71. The van der Waals surface area contributed by atoms with Gasteiger partial charge in [0.2, 0.25) is 0 Å². The fraction of sp³-hybridized carbons (Fsp3) is 0.500. The molecule has 0 aliphatic carbocycles. The van der Waals surface area contributed by atoms with E-state index in [1.165, 1.54) is 0 Å². The molecule has 1 aromatic rings. The molecule has 0 N–H and O–H groups in total. The zero-order valence-corrected chi connectivity index (χ0v) is 8.08. The molecule has 0 unspecified atom stereocenters. The second-order valence-corrected chi connectivity index (χ2v) is 2.74. The Bertz CT molecular complexity index is 216. The van der Waals surface area contributed by atoms with Gasteiger partial charge >= 0.3 is 0 Å². The number of halogens is 1. The van der Waals surface area contributed by atoms with Crippen molar-refractivity contribution in [3.8, 4) is 0 Å². The number of hydrogen-bond acceptors (Lipinski definition) is 3. The van der Waals surface area contributed by atoms with E-state index >= 15 is 0 Å². The van der Waals surface area contributed by atoms with Crippen molar-refractivity contribution >= 4 is 22.6 Å². The fourth-order valence-corrected chi connectivity index (χ4v) is 1.08. The molecule has 0 saturated carbocycles. The first-order valence-corrected chi connectivity index (χ1v) is 4.49. The number of alkyl halides is 1. The monoisotopic (exact) mass is 249 g/mol. The van der Waals surface area contributed by atoms with Crippen LogP contribution in [0.1, 0.15) is 17.5 Å². The standard InChI is InChI=1S/C6H8IN3/c1-4-8-5(2)10-6(3-7)9-4/h3H2,1-2H3. The van der Waals surface area contributed by atoms with Crippen LogP contribution in [0.4, 0.5) is 0 Å². The van der Waals surface area contributed by atoms with Crippen LogP contribution in [0.5, 0.6) is 0 Å².